The van der Waals surface area contributed by atoms with Crippen molar-refractivity contribution in [3.8, 4) is 0 Å². The molecule has 11 heavy (non-hydrogen) atoms. The molecule has 1 unspecified atom stereocenters. The topological polar surface area (TPSA) is 0 Å². The number of hydrogen-bond donors (Lipinski definition) is 0. The SMILES string of the molecule is [B].[CH2-]CCCC(C)C[CH2-].[CH3-].[Y+3]. The van der Waals surface area contributed by atoms with Gasteiger partial charge in [-0.25, -0.2) is 0 Å². The first kappa shape index (κ1) is 22.7. The molecule has 2 heteroatoms. The molecule has 0 aromatic carbocycles. The van der Waals surface area contributed by atoms with Crippen LogP contribution in [0.4, 0.5) is 0 Å². The molecular weight excluding hydrogens is 208 g/mol. The first-order valence-corrected chi connectivity index (χ1v) is 3.39. The molecule has 1 atom stereocenters. The van der Waals surface area contributed by atoms with Crippen LogP contribution in [0.2, 0.25) is 0 Å². The molecule has 0 aromatic rings. The number of rotatable bonds is 4. The summed E-state index contributed by atoms with van der Waals surface area (Å²) in [6, 6.07) is 0. The van der Waals surface area contributed by atoms with E-state index < -0.39 is 0 Å². The van der Waals surface area contributed by atoms with Crippen LogP contribution < -0.4 is 0 Å². The summed E-state index contributed by atoms with van der Waals surface area (Å²) in [5.74, 6) is 0.803. The van der Waals surface area contributed by atoms with E-state index in [1.807, 2.05) is 0 Å². The van der Waals surface area contributed by atoms with E-state index in [9.17, 15) is 0 Å². The van der Waals surface area contributed by atoms with Gasteiger partial charge in [0.15, 0.2) is 0 Å². The Balaban J connectivity index is -0.0000000817. The normalized spacial score (nSPS) is 10.1. The number of unbranched alkanes of at least 4 members (excludes halogenated alkanes) is 1. The molecule has 3 radical (unpaired) electrons. The zero-order valence-electron chi connectivity index (χ0n) is 7.97. The van der Waals surface area contributed by atoms with Gasteiger partial charge in [-0.1, -0.05) is 25.7 Å². The average molecular weight is 227 g/mol. The van der Waals surface area contributed by atoms with Crippen molar-refractivity contribution in [3.05, 3.63) is 21.3 Å². The average Bonchev–Trinajstić information content (AvgIpc) is 1.83. The first-order valence-electron chi connectivity index (χ1n) is 3.39. The van der Waals surface area contributed by atoms with Gasteiger partial charge < -0.3 is 21.3 Å². The zero-order valence-corrected chi connectivity index (χ0v) is 10.8. The minimum absolute atomic E-state index is 0. The Morgan fingerprint density at radius 1 is 1.27 bits per heavy atom. The minimum Gasteiger partial charge on any atom is -0.358 e. The Morgan fingerprint density at radius 2 is 1.73 bits per heavy atom. The monoisotopic (exact) mass is 227 g/mol. The van der Waals surface area contributed by atoms with Crippen LogP contribution in [0.1, 0.15) is 32.6 Å². The maximum Gasteiger partial charge on any atom is 3.00 e. The molecule has 0 aromatic heterocycles. The van der Waals surface area contributed by atoms with Crippen molar-refractivity contribution in [1.82, 2.24) is 0 Å². The van der Waals surface area contributed by atoms with Crippen molar-refractivity contribution in [3.63, 3.8) is 0 Å². The first-order chi connectivity index (χ1) is 3.81. The third kappa shape index (κ3) is 18.3. The van der Waals surface area contributed by atoms with Gasteiger partial charge in [-0.15, -0.1) is 0 Å². The van der Waals surface area contributed by atoms with Crippen molar-refractivity contribution >= 4 is 8.41 Å². The van der Waals surface area contributed by atoms with Crippen molar-refractivity contribution < 1.29 is 32.7 Å². The summed E-state index contributed by atoms with van der Waals surface area (Å²) in [5.41, 5.74) is 0. The summed E-state index contributed by atoms with van der Waals surface area (Å²) in [7, 11) is 0. The summed E-state index contributed by atoms with van der Waals surface area (Å²) < 4.78 is 0. The maximum atomic E-state index is 3.82. The summed E-state index contributed by atoms with van der Waals surface area (Å²) in [6.07, 6.45) is 4.70. The second-order valence-electron chi connectivity index (χ2n) is 2.39. The van der Waals surface area contributed by atoms with Crippen molar-refractivity contribution in [2.45, 2.75) is 32.6 Å². The van der Waals surface area contributed by atoms with E-state index >= 15 is 0 Å². The summed E-state index contributed by atoms with van der Waals surface area (Å²) >= 11 is 0. The van der Waals surface area contributed by atoms with Gasteiger partial charge >= 0.3 is 32.7 Å². The fraction of sp³-hybridized carbons (Fsp3) is 0.667. The largest absolute Gasteiger partial charge is 3.00 e. The minimum atomic E-state index is 0. The fourth-order valence-electron chi connectivity index (χ4n) is 0.637. The maximum absolute atomic E-state index is 3.82. The van der Waals surface area contributed by atoms with Crippen LogP contribution in [0.15, 0.2) is 0 Å². The zero-order chi connectivity index (χ0) is 6.41. The van der Waals surface area contributed by atoms with Crippen LogP contribution in [0.25, 0.3) is 0 Å². The molecule has 0 amide bonds. The molecule has 0 spiro atoms. The molecule has 0 aliphatic heterocycles. The van der Waals surface area contributed by atoms with Gasteiger partial charge in [-0.05, 0) is 0 Å². The molecule has 0 rings (SSSR count). The van der Waals surface area contributed by atoms with Crippen molar-refractivity contribution in [1.29, 1.82) is 0 Å². The van der Waals surface area contributed by atoms with Gasteiger partial charge in [-0.2, -0.15) is 12.8 Å². The molecule has 0 aliphatic carbocycles. The smallest absolute Gasteiger partial charge is 0.358 e. The third-order valence-electron chi connectivity index (χ3n) is 1.44. The molecule has 0 fully saturated rings. The Bertz CT molecular complexity index is 48.8. The van der Waals surface area contributed by atoms with Gasteiger partial charge in [0, 0.05) is 8.41 Å². The van der Waals surface area contributed by atoms with Crippen LogP contribution >= 0.6 is 0 Å². The molecule has 0 saturated heterocycles. The van der Waals surface area contributed by atoms with E-state index in [0.29, 0.717) is 0 Å². The predicted molar refractivity (Wildman–Crippen MR) is 50.5 cm³/mol. The molecule has 0 nitrogen and oxygen atoms in total. The Labute approximate surface area is 100 Å². The van der Waals surface area contributed by atoms with Crippen LogP contribution in [0.5, 0.6) is 0 Å². The second kappa shape index (κ2) is 17.3. The Hall–Kier alpha value is 1.17. The molecule has 0 aliphatic rings. The summed E-state index contributed by atoms with van der Waals surface area (Å²) in [6.45, 7) is 9.83. The Kier molecular flexibility index (Phi) is 35.8. The fourth-order valence-corrected chi connectivity index (χ4v) is 0.637. The van der Waals surface area contributed by atoms with Gasteiger partial charge in [0.2, 0.25) is 0 Å². The van der Waals surface area contributed by atoms with Crippen LogP contribution in [-0.2, 0) is 32.7 Å². The summed E-state index contributed by atoms with van der Waals surface area (Å²) in [5, 5.41) is 0. The quantitative estimate of drug-likeness (QED) is 0.511. The molecule has 0 N–H and O–H groups in total. The van der Waals surface area contributed by atoms with Gasteiger partial charge in [0.25, 0.3) is 0 Å². The predicted octanol–water partition coefficient (Wildman–Crippen LogP) is 2.92. The second-order valence-corrected chi connectivity index (χ2v) is 2.39. The standard InChI is InChI=1S/C8H16.CH3.B.Y/c1-4-6-7-8(3)5-2;;;/h8H,1-2,4-7H2,3H3;1H3;;/q-2;-1;;+3. The van der Waals surface area contributed by atoms with E-state index in [0.717, 1.165) is 18.8 Å². The molecular formula is C9H19BY. The van der Waals surface area contributed by atoms with Crippen molar-refractivity contribution in [2.75, 3.05) is 0 Å². The third-order valence-corrected chi connectivity index (χ3v) is 1.44. The molecule has 61 valence electrons. The summed E-state index contributed by atoms with van der Waals surface area (Å²) in [4.78, 5) is 0. The van der Waals surface area contributed by atoms with Gasteiger partial charge in [0.05, 0.1) is 0 Å². The molecule has 0 heterocycles. The van der Waals surface area contributed by atoms with Crippen LogP contribution in [-0.4, -0.2) is 8.41 Å². The molecule has 0 saturated carbocycles. The van der Waals surface area contributed by atoms with Crippen LogP contribution in [0.3, 0.4) is 0 Å². The van der Waals surface area contributed by atoms with Crippen LogP contribution in [0, 0.1) is 27.2 Å². The van der Waals surface area contributed by atoms with Gasteiger partial charge in [-0.3, -0.25) is 0 Å². The van der Waals surface area contributed by atoms with Gasteiger partial charge in [0.1, 0.15) is 0 Å². The van der Waals surface area contributed by atoms with E-state index in [4.69, 9.17) is 0 Å². The molecule has 0 bridgehead atoms. The Morgan fingerprint density at radius 3 is 2.00 bits per heavy atom. The number of hydrogen-bond acceptors (Lipinski definition) is 0. The van der Waals surface area contributed by atoms with Crippen molar-refractivity contribution in [2.24, 2.45) is 5.92 Å². The van der Waals surface area contributed by atoms with E-state index in [2.05, 4.69) is 20.8 Å². The van der Waals surface area contributed by atoms with E-state index in [1.54, 1.807) is 0 Å². The van der Waals surface area contributed by atoms with E-state index in [1.165, 1.54) is 12.8 Å². The van der Waals surface area contributed by atoms with E-state index in [-0.39, 0.29) is 48.5 Å².